The quantitative estimate of drug-likeness (QED) is 0.833. The summed E-state index contributed by atoms with van der Waals surface area (Å²) >= 11 is 0. The van der Waals surface area contributed by atoms with Crippen LogP contribution in [0.2, 0.25) is 0 Å². The van der Waals surface area contributed by atoms with Crippen molar-refractivity contribution in [2.45, 2.75) is 57.3 Å². The molecule has 20 heavy (non-hydrogen) atoms. The van der Waals surface area contributed by atoms with Gasteiger partial charge in [-0.15, -0.1) is 10.2 Å². The van der Waals surface area contributed by atoms with Gasteiger partial charge in [0.15, 0.2) is 0 Å². The Morgan fingerprint density at radius 2 is 2.20 bits per heavy atom. The molecule has 1 aromatic heterocycles. The topological polar surface area (TPSA) is 100 Å². The van der Waals surface area contributed by atoms with E-state index in [0.29, 0.717) is 18.8 Å². The molecular formula is C12H22N4O3S. The molecule has 0 spiro atoms. The third kappa shape index (κ3) is 3.77. The Morgan fingerprint density at radius 1 is 1.45 bits per heavy atom. The third-order valence-corrected chi connectivity index (χ3v) is 4.12. The van der Waals surface area contributed by atoms with Crippen molar-refractivity contribution >= 4 is 10.0 Å². The molecule has 0 amide bonds. The van der Waals surface area contributed by atoms with Crippen molar-refractivity contribution in [1.29, 1.82) is 0 Å². The van der Waals surface area contributed by atoms with Gasteiger partial charge in [0.05, 0.1) is 6.10 Å². The predicted octanol–water partition coefficient (Wildman–Crippen LogP) is 0.693. The lowest BCUT2D eigenvalue weighted by atomic mass is 10.1. The Kier molecular flexibility index (Phi) is 4.77. The average molecular weight is 302 g/mol. The molecule has 0 aliphatic carbocycles. The van der Waals surface area contributed by atoms with Gasteiger partial charge in [0, 0.05) is 19.6 Å². The van der Waals surface area contributed by atoms with E-state index in [0.717, 1.165) is 25.9 Å². The minimum absolute atomic E-state index is 0.145. The van der Waals surface area contributed by atoms with Gasteiger partial charge in [0.25, 0.3) is 15.2 Å². The van der Waals surface area contributed by atoms with Gasteiger partial charge in [0.2, 0.25) is 0 Å². The molecule has 1 unspecified atom stereocenters. The van der Waals surface area contributed by atoms with Crippen LogP contribution in [0, 0.1) is 5.92 Å². The standard InChI is InChI=1S/C12H22N4O3S/c1-9(2)8-16-11(6-5-10-4-3-7-19-10)14-15-12(16)20(13,17)18/h9-10H,3-8H2,1-2H3,(H2,13,17,18). The first kappa shape index (κ1) is 15.4. The molecule has 114 valence electrons. The molecule has 8 heteroatoms. The zero-order chi connectivity index (χ0) is 14.8. The Hall–Kier alpha value is -0.990. The number of nitrogens with zero attached hydrogens (tertiary/aromatic N) is 3. The van der Waals surface area contributed by atoms with Crippen LogP contribution in [-0.2, 0) is 27.7 Å². The lowest BCUT2D eigenvalue weighted by Gasteiger charge is -2.13. The molecule has 1 aliphatic heterocycles. The van der Waals surface area contributed by atoms with Gasteiger partial charge in [-0.05, 0) is 25.2 Å². The van der Waals surface area contributed by atoms with Gasteiger partial charge in [0.1, 0.15) is 5.82 Å². The Labute approximate surface area is 119 Å². The number of hydrogen-bond acceptors (Lipinski definition) is 5. The molecule has 0 aromatic carbocycles. The van der Waals surface area contributed by atoms with Gasteiger partial charge in [-0.3, -0.25) is 0 Å². The zero-order valence-corrected chi connectivity index (χ0v) is 12.8. The van der Waals surface area contributed by atoms with Gasteiger partial charge in [-0.2, -0.15) is 0 Å². The second kappa shape index (κ2) is 6.19. The van der Waals surface area contributed by atoms with Gasteiger partial charge >= 0.3 is 0 Å². The molecule has 0 bridgehead atoms. The fraction of sp³-hybridized carbons (Fsp3) is 0.833. The number of primary sulfonamides is 1. The van der Waals surface area contributed by atoms with Gasteiger partial charge in [-0.1, -0.05) is 13.8 Å². The van der Waals surface area contributed by atoms with E-state index in [1.807, 2.05) is 13.8 Å². The van der Waals surface area contributed by atoms with Crippen molar-refractivity contribution in [3.8, 4) is 0 Å². The largest absolute Gasteiger partial charge is 0.378 e. The molecule has 2 rings (SSSR count). The highest BCUT2D eigenvalue weighted by atomic mass is 32.2. The van der Waals surface area contributed by atoms with Crippen molar-refractivity contribution < 1.29 is 13.2 Å². The molecule has 0 saturated carbocycles. The van der Waals surface area contributed by atoms with Crippen molar-refractivity contribution in [2.24, 2.45) is 11.1 Å². The Morgan fingerprint density at radius 3 is 2.75 bits per heavy atom. The Balaban J connectivity index is 2.16. The van der Waals surface area contributed by atoms with E-state index in [-0.39, 0.29) is 17.2 Å². The summed E-state index contributed by atoms with van der Waals surface area (Å²) in [5.41, 5.74) is 0. The summed E-state index contributed by atoms with van der Waals surface area (Å²) < 4.78 is 30.3. The van der Waals surface area contributed by atoms with E-state index < -0.39 is 10.0 Å². The molecule has 2 N–H and O–H groups in total. The molecule has 1 fully saturated rings. The van der Waals surface area contributed by atoms with E-state index in [1.54, 1.807) is 4.57 Å². The first-order chi connectivity index (χ1) is 9.38. The highest BCUT2D eigenvalue weighted by Gasteiger charge is 2.23. The predicted molar refractivity (Wildman–Crippen MR) is 73.5 cm³/mol. The molecule has 0 radical (unpaired) electrons. The van der Waals surface area contributed by atoms with Gasteiger partial charge < -0.3 is 9.30 Å². The van der Waals surface area contributed by atoms with Crippen molar-refractivity contribution in [3.05, 3.63) is 5.82 Å². The minimum atomic E-state index is -3.84. The highest BCUT2D eigenvalue weighted by Crippen LogP contribution is 2.19. The molecule has 7 nitrogen and oxygen atoms in total. The number of rotatable bonds is 6. The summed E-state index contributed by atoms with van der Waals surface area (Å²) in [7, 11) is -3.84. The van der Waals surface area contributed by atoms with Crippen LogP contribution >= 0.6 is 0 Å². The second-order valence-electron chi connectivity index (χ2n) is 5.62. The lowest BCUT2D eigenvalue weighted by molar-refractivity contribution is 0.104. The normalized spacial score (nSPS) is 19.9. The number of aryl methyl sites for hydroxylation is 1. The van der Waals surface area contributed by atoms with Gasteiger partial charge in [-0.25, -0.2) is 13.6 Å². The number of hydrogen-bond donors (Lipinski definition) is 1. The smallest absolute Gasteiger partial charge is 0.273 e. The SMILES string of the molecule is CC(C)Cn1c(CCC2CCCO2)nnc1S(N)(=O)=O. The monoisotopic (exact) mass is 302 g/mol. The van der Waals surface area contributed by atoms with Crippen LogP contribution < -0.4 is 5.14 Å². The van der Waals surface area contributed by atoms with Crippen molar-refractivity contribution in [3.63, 3.8) is 0 Å². The van der Waals surface area contributed by atoms with E-state index in [9.17, 15) is 8.42 Å². The molecule has 1 atom stereocenters. The maximum Gasteiger partial charge on any atom is 0.273 e. The average Bonchev–Trinajstić information content (AvgIpc) is 2.93. The van der Waals surface area contributed by atoms with Crippen LogP contribution in [0.3, 0.4) is 0 Å². The van der Waals surface area contributed by atoms with Crippen LogP contribution in [0.5, 0.6) is 0 Å². The fourth-order valence-corrected chi connectivity index (χ4v) is 3.07. The van der Waals surface area contributed by atoms with Crippen LogP contribution in [0.15, 0.2) is 5.16 Å². The van der Waals surface area contributed by atoms with Crippen molar-refractivity contribution in [2.75, 3.05) is 6.61 Å². The highest BCUT2D eigenvalue weighted by molar-refractivity contribution is 7.89. The van der Waals surface area contributed by atoms with Crippen LogP contribution in [0.1, 0.15) is 38.9 Å². The van der Waals surface area contributed by atoms with Crippen LogP contribution in [-0.4, -0.2) is 35.9 Å². The number of sulfonamides is 1. The first-order valence-corrected chi connectivity index (χ1v) is 8.49. The number of nitrogens with two attached hydrogens (primary N) is 1. The second-order valence-corrected chi connectivity index (χ2v) is 7.08. The lowest BCUT2D eigenvalue weighted by Crippen LogP contribution is -2.21. The summed E-state index contributed by atoms with van der Waals surface area (Å²) in [6, 6.07) is 0. The Bertz CT molecular complexity index is 547. The first-order valence-electron chi connectivity index (χ1n) is 6.94. The summed E-state index contributed by atoms with van der Waals surface area (Å²) in [5.74, 6) is 0.950. The minimum Gasteiger partial charge on any atom is -0.378 e. The zero-order valence-electron chi connectivity index (χ0n) is 11.9. The third-order valence-electron chi connectivity index (χ3n) is 3.31. The molecule has 1 aliphatic rings. The summed E-state index contributed by atoms with van der Waals surface area (Å²) in [5, 5.41) is 12.8. The van der Waals surface area contributed by atoms with E-state index >= 15 is 0 Å². The summed E-state index contributed by atoms with van der Waals surface area (Å²) in [6.45, 7) is 5.37. The maximum atomic E-state index is 11.5. The fourth-order valence-electron chi connectivity index (χ4n) is 2.43. The van der Waals surface area contributed by atoms with E-state index in [4.69, 9.17) is 9.88 Å². The molecule has 1 aromatic rings. The van der Waals surface area contributed by atoms with Crippen LogP contribution in [0.25, 0.3) is 0 Å². The maximum absolute atomic E-state index is 11.5. The van der Waals surface area contributed by atoms with Crippen molar-refractivity contribution in [1.82, 2.24) is 14.8 Å². The summed E-state index contributed by atoms with van der Waals surface area (Å²) in [6.07, 6.45) is 3.88. The summed E-state index contributed by atoms with van der Waals surface area (Å²) in [4.78, 5) is 0. The molecular weight excluding hydrogens is 280 g/mol. The molecule has 1 saturated heterocycles. The molecule has 2 heterocycles. The van der Waals surface area contributed by atoms with E-state index in [1.165, 1.54) is 0 Å². The number of aromatic nitrogens is 3. The van der Waals surface area contributed by atoms with Crippen LogP contribution in [0.4, 0.5) is 0 Å². The van der Waals surface area contributed by atoms with E-state index in [2.05, 4.69) is 10.2 Å². The number of ether oxygens (including phenoxy) is 1.